The number of carbonyl (C=O) groups is 2. The lowest BCUT2D eigenvalue weighted by molar-refractivity contribution is -0.138. The Morgan fingerprint density at radius 3 is 2.33 bits per heavy atom. The van der Waals surface area contributed by atoms with Gasteiger partial charge in [-0.15, -0.1) is 0 Å². The first kappa shape index (κ1) is 20.7. The molecule has 1 atom stereocenters. The molecule has 1 fully saturated rings. The zero-order valence-corrected chi connectivity index (χ0v) is 17.8. The summed E-state index contributed by atoms with van der Waals surface area (Å²) in [7, 11) is 0. The van der Waals surface area contributed by atoms with E-state index in [2.05, 4.69) is 17.5 Å². The van der Waals surface area contributed by atoms with Gasteiger partial charge in [0.25, 0.3) is 0 Å². The number of nitrogens with zero attached hydrogens (tertiary/aromatic N) is 1. The molecule has 1 aliphatic carbocycles. The molecule has 2 aromatic rings. The van der Waals surface area contributed by atoms with Crippen molar-refractivity contribution < 1.29 is 9.59 Å². The maximum atomic E-state index is 12.8. The molecule has 156 valence electrons. The van der Waals surface area contributed by atoms with E-state index in [-0.39, 0.29) is 23.7 Å². The second kappa shape index (κ2) is 9.48. The van der Waals surface area contributed by atoms with Crippen molar-refractivity contribution in [1.29, 1.82) is 0 Å². The maximum Gasteiger partial charge on any atom is 0.227 e. The fourth-order valence-corrected chi connectivity index (χ4v) is 4.52. The van der Waals surface area contributed by atoms with Gasteiger partial charge in [0.05, 0.1) is 0 Å². The summed E-state index contributed by atoms with van der Waals surface area (Å²) in [6.45, 7) is 1.33. The molecule has 0 bridgehead atoms. The van der Waals surface area contributed by atoms with Crippen LogP contribution in [0.2, 0.25) is 5.02 Å². The fourth-order valence-electron chi connectivity index (χ4n) is 4.33. The van der Waals surface area contributed by atoms with E-state index >= 15 is 0 Å². The van der Waals surface area contributed by atoms with Gasteiger partial charge in [-0.25, -0.2) is 0 Å². The fraction of sp³-hybridized carbons (Fsp3) is 0.360. The molecule has 2 amide bonds. The van der Waals surface area contributed by atoms with Crippen LogP contribution in [0.4, 0.5) is 5.69 Å². The van der Waals surface area contributed by atoms with E-state index in [0.29, 0.717) is 31.0 Å². The summed E-state index contributed by atoms with van der Waals surface area (Å²) < 4.78 is 0. The standard InChI is InChI=1S/C25H27ClN2O2/c26-22-10-4-8-20(16-22)21-9-5-11-23(17-21)27-24(29)18-12-14-28(15-13-18)25(30)19-6-2-1-3-7-19/h1-2,4-5,8-11,16-19H,3,6-7,12-15H2,(H,27,29)/t19-/m0/s1. The first-order valence-electron chi connectivity index (χ1n) is 10.7. The number of piperidine rings is 1. The number of likely N-dealkylation sites (tertiary alicyclic amines) is 1. The largest absolute Gasteiger partial charge is 0.342 e. The molecular formula is C25H27ClN2O2. The molecule has 1 saturated heterocycles. The summed E-state index contributed by atoms with van der Waals surface area (Å²) >= 11 is 6.10. The van der Waals surface area contributed by atoms with Gasteiger partial charge in [-0.2, -0.15) is 0 Å². The van der Waals surface area contributed by atoms with Gasteiger partial charge in [0, 0.05) is 35.6 Å². The Balaban J connectivity index is 1.33. The zero-order chi connectivity index (χ0) is 20.9. The summed E-state index contributed by atoms with van der Waals surface area (Å²) in [6.07, 6.45) is 8.48. The highest BCUT2D eigenvalue weighted by Crippen LogP contribution is 2.27. The van der Waals surface area contributed by atoms with Crippen molar-refractivity contribution in [2.24, 2.45) is 11.8 Å². The molecule has 0 radical (unpaired) electrons. The molecule has 2 aliphatic rings. The Kier molecular flexibility index (Phi) is 6.53. The van der Waals surface area contributed by atoms with Crippen molar-refractivity contribution in [3.63, 3.8) is 0 Å². The third-order valence-electron chi connectivity index (χ3n) is 6.08. The highest BCUT2D eigenvalue weighted by atomic mass is 35.5. The van der Waals surface area contributed by atoms with Gasteiger partial charge < -0.3 is 10.2 Å². The van der Waals surface area contributed by atoms with Crippen LogP contribution in [0, 0.1) is 11.8 Å². The number of hydrogen-bond acceptors (Lipinski definition) is 2. The number of benzene rings is 2. The van der Waals surface area contributed by atoms with E-state index in [1.165, 1.54) is 0 Å². The van der Waals surface area contributed by atoms with Crippen molar-refractivity contribution in [3.05, 3.63) is 65.7 Å². The summed E-state index contributed by atoms with van der Waals surface area (Å²) in [4.78, 5) is 27.5. The molecule has 30 heavy (non-hydrogen) atoms. The Morgan fingerprint density at radius 2 is 1.63 bits per heavy atom. The van der Waals surface area contributed by atoms with Crippen LogP contribution < -0.4 is 5.32 Å². The molecule has 5 heteroatoms. The van der Waals surface area contributed by atoms with Crippen LogP contribution in [0.1, 0.15) is 32.1 Å². The highest BCUT2D eigenvalue weighted by molar-refractivity contribution is 6.30. The van der Waals surface area contributed by atoms with E-state index in [4.69, 9.17) is 11.6 Å². The van der Waals surface area contributed by atoms with Crippen molar-refractivity contribution in [3.8, 4) is 11.1 Å². The van der Waals surface area contributed by atoms with Gasteiger partial charge in [0.15, 0.2) is 0 Å². The molecular weight excluding hydrogens is 396 g/mol. The van der Waals surface area contributed by atoms with Crippen molar-refractivity contribution in [2.75, 3.05) is 18.4 Å². The SMILES string of the molecule is O=C(Nc1cccc(-c2cccc(Cl)c2)c1)C1CCN(C(=O)[C@H]2CC=CCC2)CC1. The monoisotopic (exact) mass is 422 g/mol. The van der Waals surface area contributed by atoms with Crippen LogP contribution in [-0.2, 0) is 9.59 Å². The summed E-state index contributed by atoms with van der Waals surface area (Å²) in [5.41, 5.74) is 2.81. The average molecular weight is 423 g/mol. The summed E-state index contributed by atoms with van der Waals surface area (Å²) in [5, 5.41) is 3.75. The Labute approximate surface area is 182 Å². The number of rotatable bonds is 4. The van der Waals surface area contributed by atoms with Crippen molar-refractivity contribution in [2.45, 2.75) is 32.1 Å². The quantitative estimate of drug-likeness (QED) is 0.657. The second-order valence-electron chi connectivity index (χ2n) is 8.16. The van der Waals surface area contributed by atoms with E-state index in [1.807, 2.05) is 53.4 Å². The van der Waals surface area contributed by atoms with Crippen LogP contribution in [0.15, 0.2) is 60.7 Å². The number of halogens is 1. The van der Waals surface area contributed by atoms with Crippen LogP contribution >= 0.6 is 11.6 Å². The minimum Gasteiger partial charge on any atom is -0.342 e. The van der Waals surface area contributed by atoms with E-state index < -0.39 is 0 Å². The van der Waals surface area contributed by atoms with Gasteiger partial charge >= 0.3 is 0 Å². The van der Waals surface area contributed by atoms with Crippen molar-refractivity contribution >= 4 is 29.1 Å². The highest BCUT2D eigenvalue weighted by Gasteiger charge is 2.30. The molecule has 0 unspecified atom stereocenters. The van der Waals surface area contributed by atoms with E-state index in [1.54, 1.807) is 0 Å². The number of allylic oxidation sites excluding steroid dienone is 2. The topological polar surface area (TPSA) is 49.4 Å². The van der Waals surface area contributed by atoms with Gasteiger partial charge in [0.1, 0.15) is 0 Å². The van der Waals surface area contributed by atoms with Gasteiger partial charge in [-0.1, -0.05) is 48.0 Å². The number of carbonyl (C=O) groups excluding carboxylic acids is 2. The normalized spacial score (nSPS) is 19.5. The number of nitrogens with one attached hydrogen (secondary N) is 1. The molecule has 4 rings (SSSR count). The minimum absolute atomic E-state index is 0.0333. The molecule has 1 aliphatic heterocycles. The number of hydrogen-bond donors (Lipinski definition) is 1. The van der Waals surface area contributed by atoms with Gasteiger partial charge in [-0.3, -0.25) is 9.59 Å². The Bertz CT molecular complexity index is 948. The van der Waals surface area contributed by atoms with Gasteiger partial charge in [0.2, 0.25) is 11.8 Å². The summed E-state index contributed by atoms with van der Waals surface area (Å²) in [5.74, 6) is 0.350. The lowest BCUT2D eigenvalue weighted by atomic mass is 9.90. The second-order valence-corrected chi connectivity index (χ2v) is 8.60. The molecule has 1 heterocycles. The molecule has 2 aromatic carbocycles. The molecule has 1 N–H and O–H groups in total. The lowest BCUT2D eigenvalue weighted by Gasteiger charge is -2.34. The Morgan fingerprint density at radius 1 is 0.900 bits per heavy atom. The predicted molar refractivity (Wildman–Crippen MR) is 121 cm³/mol. The van der Waals surface area contributed by atoms with Crippen LogP contribution in [0.5, 0.6) is 0 Å². The Hall–Kier alpha value is -2.59. The maximum absolute atomic E-state index is 12.8. The first-order chi connectivity index (χ1) is 14.6. The molecule has 4 nitrogen and oxygen atoms in total. The third-order valence-corrected chi connectivity index (χ3v) is 6.32. The zero-order valence-electron chi connectivity index (χ0n) is 17.0. The lowest BCUT2D eigenvalue weighted by Crippen LogP contribution is -2.44. The summed E-state index contributed by atoms with van der Waals surface area (Å²) in [6, 6.07) is 15.5. The number of amides is 2. The van der Waals surface area contributed by atoms with Crippen LogP contribution in [0.3, 0.4) is 0 Å². The van der Waals surface area contributed by atoms with Crippen molar-refractivity contribution in [1.82, 2.24) is 4.90 Å². The predicted octanol–water partition coefficient (Wildman–Crippen LogP) is 5.54. The molecule has 0 saturated carbocycles. The average Bonchev–Trinajstić information content (AvgIpc) is 2.79. The molecule has 0 spiro atoms. The van der Waals surface area contributed by atoms with Gasteiger partial charge in [-0.05, 0) is 67.5 Å². The van der Waals surface area contributed by atoms with Crippen LogP contribution in [0.25, 0.3) is 11.1 Å². The minimum atomic E-state index is -0.0601. The smallest absolute Gasteiger partial charge is 0.227 e. The van der Waals surface area contributed by atoms with E-state index in [9.17, 15) is 9.59 Å². The van der Waals surface area contributed by atoms with E-state index in [0.717, 1.165) is 36.1 Å². The number of anilines is 1. The third kappa shape index (κ3) is 4.93. The molecule has 0 aromatic heterocycles. The van der Waals surface area contributed by atoms with Crippen LogP contribution in [-0.4, -0.2) is 29.8 Å². The first-order valence-corrected chi connectivity index (χ1v) is 11.1.